The van der Waals surface area contributed by atoms with Crippen molar-refractivity contribution in [1.29, 1.82) is 5.26 Å². The number of hydrogen-bond acceptors (Lipinski definition) is 3. The number of benzene rings is 5. The molecule has 1 heterocycles. The zero-order valence-electron chi connectivity index (χ0n) is 22.6. The van der Waals surface area contributed by atoms with Crippen molar-refractivity contribution in [1.82, 2.24) is 0 Å². The van der Waals surface area contributed by atoms with Gasteiger partial charge in [-0.1, -0.05) is 84.9 Å². The van der Waals surface area contributed by atoms with Gasteiger partial charge in [0.1, 0.15) is 6.07 Å². The topological polar surface area (TPSA) is 45.0 Å². The van der Waals surface area contributed by atoms with Gasteiger partial charge in [-0.15, -0.1) is 0 Å². The minimum absolute atomic E-state index is 0.336. The quantitative estimate of drug-likeness (QED) is 0.152. The number of halogens is 4. The Balaban J connectivity index is 1.64. The van der Waals surface area contributed by atoms with Crippen LogP contribution in [-0.2, 0) is 17.0 Å². The van der Waals surface area contributed by atoms with Gasteiger partial charge in [0.05, 0.1) is 35.5 Å². The lowest BCUT2D eigenvalue weighted by atomic mass is 9.94. The third-order valence-corrected chi connectivity index (χ3v) is 7.28. The van der Waals surface area contributed by atoms with E-state index in [1.165, 1.54) is 4.90 Å². The maximum absolute atomic E-state index is 15.1. The number of ether oxygens (including phenoxy) is 1. The van der Waals surface area contributed by atoms with Crippen molar-refractivity contribution in [3.05, 3.63) is 149 Å². The van der Waals surface area contributed by atoms with E-state index in [-0.39, 0.29) is 0 Å². The van der Waals surface area contributed by atoms with E-state index >= 15 is 8.78 Å². The molecule has 0 spiro atoms. The number of fused-ring (bicyclic) bond motifs is 1. The maximum atomic E-state index is 15.1. The number of anilines is 3. The number of alkyl halides is 4. The Labute approximate surface area is 250 Å². The molecule has 0 amide bonds. The maximum Gasteiger partial charge on any atom is 0.388 e. The van der Waals surface area contributed by atoms with E-state index in [1.54, 1.807) is 54.6 Å². The highest BCUT2D eigenvalue weighted by Crippen LogP contribution is 2.61. The summed E-state index contributed by atoms with van der Waals surface area (Å²) in [4.78, 5) is 7.81. The fraction of sp³-hybridized carbons (Fsp3) is 0.0571. The second kappa shape index (κ2) is 10.7. The summed E-state index contributed by atoms with van der Waals surface area (Å²) in [6.45, 7) is 15.5. The predicted octanol–water partition coefficient (Wildman–Crippen LogP) is 10.6. The number of hydrogen-bond donors (Lipinski definition) is 0. The zero-order chi connectivity index (χ0) is 31.1. The van der Waals surface area contributed by atoms with Gasteiger partial charge in [-0.2, -0.15) is 22.8 Å². The normalized spacial score (nSPS) is 14.1. The van der Waals surface area contributed by atoms with E-state index in [0.29, 0.717) is 11.4 Å². The Hall–Kier alpha value is -5.95. The van der Waals surface area contributed by atoms with Crippen LogP contribution in [-0.4, -0.2) is 0 Å². The molecule has 1 aliphatic rings. The molecule has 0 aromatic heterocycles. The molecular weight excluding hydrogens is 568 g/mol. The third kappa shape index (κ3) is 4.61. The lowest BCUT2D eigenvalue weighted by Gasteiger charge is -2.30. The molecule has 0 saturated heterocycles. The monoisotopic (exact) mass is 586 g/mol. The summed E-state index contributed by atoms with van der Waals surface area (Å²) in [7, 11) is 0. The average molecular weight is 587 g/mol. The van der Waals surface area contributed by atoms with Crippen LogP contribution in [0.1, 0.15) is 16.7 Å². The first-order valence-corrected chi connectivity index (χ1v) is 13.2. The molecule has 5 aromatic rings. The molecule has 212 valence electrons. The summed E-state index contributed by atoms with van der Waals surface area (Å²) in [5, 5.41) is 10.2. The molecule has 0 radical (unpaired) electrons. The van der Waals surface area contributed by atoms with Crippen LogP contribution in [0.25, 0.3) is 31.9 Å². The fourth-order valence-corrected chi connectivity index (χ4v) is 5.36. The molecule has 0 fully saturated rings. The summed E-state index contributed by atoms with van der Waals surface area (Å²) in [6, 6.07) is 34.2. The first-order valence-electron chi connectivity index (χ1n) is 13.2. The van der Waals surface area contributed by atoms with Gasteiger partial charge in [0, 0.05) is 11.4 Å². The first kappa shape index (κ1) is 28.2. The van der Waals surface area contributed by atoms with Crippen LogP contribution >= 0.6 is 0 Å². The van der Waals surface area contributed by atoms with Crippen LogP contribution in [0.15, 0.2) is 109 Å². The Morgan fingerprint density at radius 2 is 1.00 bits per heavy atom. The SMILES string of the molecule is [C-]#[N+]c1c([N+]#[C-])c2c(c(C#N)c1N(c1ccc(-c3ccccc3)cc1)c1ccc(-c3ccccc3)cc1)C(F)(F)OC2(F)F. The highest BCUT2D eigenvalue weighted by atomic mass is 19.3. The van der Waals surface area contributed by atoms with Crippen molar-refractivity contribution < 1.29 is 22.3 Å². The van der Waals surface area contributed by atoms with Crippen molar-refractivity contribution in [3.8, 4) is 28.3 Å². The van der Waals surface area contributed by atoms with Gasteiger partial charge in [0.2, 0.25) is 11.4 Å². The molecule has 5 aromatic carbocycles. The molecule has 44 heavy (non-hydrogen) atoms. The minimum Gasteiger partial charge on any atom is -0.320 e. The fourth-order valence-electron chi connectivity index (χ4n) is 5.36. The molecule has 0 N–H and O–H groups in total. The van der Waals surface area contributed by atoms with Crippen molar-refractivity contribution in [2.75, 3.05) is 4.90 Å². The standard InChI is InChI=1S/C35H18F4N4O/c1-41-31-30-29(34(36,37)44-35(30,38)39)28(21-40)33(32(31)42-2)43(26-17-13-24(14-18-26)22-9-5-3-6-10-22)27-19-15-25(16-20-27)23-11-7-4-8-12-23/h3-20H. The molecule has 0 aliphatic carbocycles. The van der Waals surface area contributed by atoms with Crippen LogP contribution in [0, 0.1) is 24.5 Å². The van der Waals surface area contributed by atoms with Crippen LogP contribution in [0.5, 0.6) is 0 Å². The van der Waals surface area contributed by atoms with Gasteiger partial charge in [-0.05, 0) is 46.5 Å². The second-order valence-electron chi connectivity index (χ2n) is 9.80. The van der Waals surface area contributed by atoms with Crippen molar-refractivity contribution in [2.24, 2.45) is 0 Å². The predicted molar refractivity (Wildman–Crippen MR) is 158 cm³/mol. The summed E-state index contributed by atoms with van der Waals surface area (Å²) < 4.78 is 63.7. The summed E-state index contributed by atoms with van der Waals surface area (Å²) in [6.07, 6.45) is -9.19. The number of nitrogens with zero attached hydrogens (tertiary/aromatic N) is 4. The number of rotatable bonds is 5. The molecule has 6 rings (SSSR count). The van der Waals surface area contributed by atoms with Gasteiger partial charge in [-0.25, -0.2) is 14.4 Å². The van der Waals surface area contributed by atoms with E-state index in [4.69, 9.17) is 13.1 Å². The van der Waals surface area contributed by atoms with E-state index in [2.05, 4.69) is 14.4 Å². The van der Waals surface area contributed by atoms with Gasteiger partial charge in [0.15, 0.2) is 0 Å². The summed E-state index contributed by atoms with van der Waals surface area (Å²) in [5.41, 5.74) is -1.74. The smallest absolute Gasteiger partial charge is 0.320 e. The minimum atomic E-state index is -4.60. The van der Waals surface area contributed by atoms with E-state index in [1.807, 2.05) is 60.7 Å². The Bertz CT molecular complexity index is 1930. The average Bonchev–Trinajstić information content (AvgIpc) is 3.25. The van der Waals surface area contributed by atoms with Gasteiger partial charge < -0.3 is 4.90 Å². The van der Waals surface area contributed by atoms with Crippen LogP contribution in [0.3, 0.4) is 0 Å². The van der Waals surface area contributed by atoms with Crippen LogP contribution in [0.2, 0.25) is 0 Å². The largest absolute Gasteiger partial charge is 0.388 e. The molecule has 0 unspecified atom stereocenters. The highest BCUT2D eigenvalue weighted by Gasteiger charge is 2.61. The van der Waals surface area contributed by atoms with E-state index < -0.39 is 46.0 Å². The molecule has 5 nitrogen and oxygen atoms in total. The highest BCUT2D eigenvalue weighted by molar-refractivity contribution is 5.98. The second-order valence-corrected chi connectivity index (χ2v) is 9.80. The van der Waals surface area contributed by atoms with Crippen LogP contribution in [0.4, 0.5) is 46.0 Å². The van der Waals surface area contributed by atoms with E-state index in [9.17, 15) is 14.0 Å². The Morgan fingerprint density at radius 3 is 1.41 bits per heavy atom. The lowest BCUT2D eigenvalue weighted by molar-refractivity contribution is -0.369. The molecular formula is C35H18F4N4O. The number of nitriles is 1. The molecule has 9 heteroatoms. The van der Waals surface area contributed by atoms with Crippen molar-refractivity contribution >= 4 is 28.4 Å². The molecule has 0 saturated carbocycles. The van der Waals surface area contributed by atoms with E-state index in [0.717, 1.165) is 22.3 Å². The third-order valence-electron chi connectivity index (χ3n) is 7.28. The molecule has 0 bridgehead atoms. The van der Waals surface area contributed by atoms with Gasteiger partial charge in [-0.3, -0.25) is 0 Å². The molecule has 0 atom stereocenters. The van der Waals surface area contributed by atoms with Gasteiger partial charge in [0.25, 0.3) is 0 Å². The van der Waals surface area contributed by atoms with Crippen molar-refractivity contribution in [3.63, 3.8) is 0 Å². The summed E-state index contributed by atoms with van der Waals surface area (Å²) in [5.74, 6) is 0. The molecule has 1 aliphatic heterocycles. The zero-order valence-corrected chi connectivity index (χ0v) is 22.6. The van der Waals surface area contributed by atoms with Crippen molar-refractivity contribution in [2.45, 2.75) is 12.2 Å². The Morgan fingerprint density at radius 1 is 0.591 bits per heavy atom. The Kier molecular flexibility index (Phi) is 6.86. The van der Waals surface area contributed by atoms with Crippen LogP contribution < -0.4 is 4.90 Å². The lowest BCUT2D eigenvalue weighted by Crippen LogP contribution is -2.18. The summed E-state index contributed by atoms with van der Waals surface area (Å²) >= 11 is 0. The van der Waals surface area contributed by atoms with Gasteiger partial charge >= 0.3 is 12.2 Å². The first-order chi connectivity index (χ1) is 21.2.